The van der Waals surface area contributed by atoms with E-state index in [1.54, 1.807) is 6.20 Å². The first kappa shape index (κ1) is 12.3. The van der Waals surface area contributed by atoms with Gasteiger partial charge >= 0.3 is 0 Å². The van der Waals surface area contributed by atoms with Gasteiger partial charge in [-0.05, 0) is 12.1 Å². The van der Waals surface area contributed by atoms with Crippen molar-refractivity contribution in [3.8, 4) is 11.4 Å². The zero-order valence-electron chi connectivity index (χ0n) is 10.5. The van der Waals surface area contributed by atoms with Crippen LogP contribution in [0.2, 0.25) is 0 Å². The number of hydrogen-bond donors (Lipinski definition) is 2. The third-order valence-corrected chi connectivity index (χ3v) is 2.73. The van der Waals surface area contributed by atoms with Crippen LogP contribution in [-0.4, -0.2) is 15.5 Å². The Kier molecular flexibility index (Phi) is 3.43. The fraction of sp³-hybridized carbons (Fsp3) is 0.231. The van der Waals surface area contributed by atoms with E-state index in [4.69, 9.17) is 5.73 Å². The van der Waals surface area contributed by atoms with Gasteiger partial charge < -0.3 is 15.6 Å². The highest BCUT2D eigenvalue weighted by Gasteiger charge is 2.08. The number of rotatable bonds is 3. The molecule has 94 valence electrons. The zero-order valence-corrected chi connectivity index (χ0v) is 10.5. The van der Waals surface area contributed by atoms with Crippen molar-refractivity contribution >= 4 is 11.6 Å². The Bertz CT molecular complexity index is 574. The summed E-state index contributed by atoms with van der Waals surface area (Å²) in [5.41, 5.74) is 8.30. The number of imidazole rings is 1. The van der Waals surface area contributed by atoms with Gasteiger partial charge in [-0.1, -0.05) is 12.1 Å². The van der Waals surface area contributed by atoms with Crippen molar-refractivity contribution in [3.63, 3.8) is 0 Å². The second kappa shape index (κ2) is 5.01. The van der Waals surface area contributed by atoms with Crippen molar-refractivity contribution in [2.75, 3.05) is 5.32 Å². The molecule has 5 heteroatoms. The molecule has 0 saturated carbocycles. The molecule has 0 aliphatic heterocycles. The lowest BCUT2D eigenvalue weighted by Gasteiger charge is -2.07. The van der Waals surface area contributed by atoms with Gasteiger partial charge in [-0.3, -0.25) is 4.79 Å². The van der Waals surface area contributed by atoms with Gasteiger partial charge in [0.1, 0.15) is 5.82 Å². The Morgan fingerprint density at radius 3 is 2.89 bits per heavy atom. The van der Waals surface area contributed by atoms with Gasteiger partial charge in [0.15, 0.2) is 0 Å². The first-order valence-electron chi connectivity index (χ1n) is 5.70. The van der Waals surface area contributed by atoms with E-state index in [2.05, 4.69) is 10.3 Å². The minimum absolute atomic E-state index is 0.0883. The van der Waals surface area contributed by atoms with Crippen molar-refractivity contribution in [1.29, 1.82) is 0 Å². The molecule has 18 heavy (non-hydrogen) atoms. The summed E-state index contributed by atoms with van der Waals surface area (Å²) in [6, 6.07) is 7.58. The van der Waals surface area contributed by atoms with E-state index in [1.807, 2.05) is 35.9 Å². The quantitative estimate of drug-likeness (QED) is 0.859. The third kappa shape index (κ3) is 2.41. The van der Waals surface area contributed by atoms with Crippen molar-refractivity contribution in [2.45, 2.75) is 13.5 Å². The van der Waals surface area contributed by atoms with Gasteiger partial charge in [-0.2, -0.15) is 0 Å². The van der Waals surface area contributed by atoms with Gasteiger partial charge in [0.05, 0.1) is 11.9 Å². The molecule has 5 nitrogen and oxygen atoms in total. The van der Waals surface area contributed by atoms with Crippen LogP contribution >= 0.6 is 0 Å². The van der Waals surface area contributed by atoms with Crippen molar-refractivity contribution in [3.05, 3.63) is 36.2 Å². The molecule has 0 aliphatic carbocycles. The molecule has 2 aromatic rings. The topological polar surface area (TPSA) is 72.9 Å². The Hall–Kier alpha value is -2.14. The number of nitrogens with zero attached hydrogens (tertiary/aromatic N) is 2. The highest BCUT2D eigenvalue weighted by molar-refractivity contribution is 5.89. The largest absolute Gasteiger partial charge is 0.330 e. The van der Waals surface area contributed by atoms with Gasteiger partial charge in [0.25, 0.3) is 0 Å². The van der Waals surface area contributed by atoms with Crippen LogP contribution in [0.3, 0.4) is 0 Å². The maximum atomic E-state index is 11.0. The molecule has 0 spiro atoms. The van der Waals surface area contributed by atoms with Gasteiger partial charge in [-0.25, -0.2) is 4.98 Å². The molecule has 0 atom stereocenters. The number of carbonyl (C=O) groups is 1. The van der Waals surface area contributed by atoms with Crippen molar-refractivity contribution < 1.29 is 4.79 Å². The number of anilines is 1. The number of hydrogen-bond acceptors (Lipinski definition) is 3. The number of aromatic nitrogens is 2. The normalized spacial score (nSPS) is 10.4. The SMILES string of the molecule is CC(=O)Nc1cccc(-c2ncc(CN)n2C)c1. The number of nitrogens with two attached hydrogens (primary N) is 1. The average Bonchev–Trinajstić information content (AvgIpc) is 2.70. The van der Waals surface area contributed by atoms with Crippen molar-refractivity contribution in [2.24, 2.45) is 12.8 Å². The molecule has 1 amide bonds. The maximum absolute atomic E-state index is 11.0. The minimum atomic E-state index is -0.0883. The molecule has 1 heterocycles. The number of carbonyl (C=O) groups excluding carboxylic acids is 1. The molecular formula is C13H16N4O. The molecule has 0 radical (unpaired) electrons. The molecule has 1 aromatic carbocycles. The average molecular weight is 244 g/mol. The Morgan fingerprint density at radius 1 is 1.50 bits per heavy atom. The summed E-state index contributed by atoms with van der Waals surface area (Å²) in [5.74, 6) is 0.747. The second-order valence-corrected chi connectivity index (χ2v) is 4.10. The Morgan fingerprint density at radius 2 is 2.28 bits per heavy atom. The molecule has 0 fully saturated rings. The fourth-order valence-corrected chi connectivity index (χ4v) is 1.84. The van der Waals surface area contributed by atoms with E-state index < -0.39 is 0 Å². The molecule has 0 unspecified atom stereocenters. The standard InChI is InChI=1S/C13H16N4O/c1-9(18)16-11-5-3-4-10(6-11)13-15-8-12(7-14)17(13)2/h3-6,8H,7,14H2,1-2H3,(H,16,18). The minimum Gasteiger partial charge on any atom is -0.330 e. The van der Waals surface area contributed by atoms with Crippen LogP contribution in [-0.2, 0) is 18.4 Å². The van der Waals surface area contributed by atoms with Crippen LogP contribution in [0, 0.1) is 0 Å². The molecule has 0 bridgehead atoms. The summed E-state index contributed by atoms with van der Waals surface area (Å²) >= 11 is 0. The summed E-state index contributed by atoms with van der Waals surface area (Å²) in [4.78, 5) is 15.4. The fourth-order valence-electron chi connectivity index (χ4n) is 1.84. The summed E-state index contributed by atoms with van der Waals surface area (Å²) < 4.78 is 1.95. The monoisotopic (exact) mass is 244 g/mol. The first-order valence-corrected chi connectivity index (χ1v) is 5.70. The Labute approximate surface area is 106 Å². The van der Waals surface area contributed by atoms with Crippen LogP contribution in [0.25, 0.3) is 11.4 Å². The highest BCUT2D eigenvalue weighted by atomic mass is 16.1. The zero-order chi connectivity index (χ0) is 13.1. The number of benzene rings is 1. The number of nitrogens with one attached hydrogen (secondary N) is 1. The molecule has 2 rings (SSSR count). The van der Waals surface area contributed by atoms with Crippen LogP contribution in [0.5, 0.6) is 0 Å². The number of amides is 1. The van der Waals surface area contributed by atoms with Crippen molar-refractivity contribution in [1.82, 2.24) is 9.55 Å². The Balaban J connectivity index is 2.38. The van der Waals surface area contributed by atoms with Gasteiger partial charge in [-0.15, -0.1) is 0 Å². The molecule has 1 aromatic heterocycles. The lowest BCUT2D eigenvalue weighted by Crippen LogP contribution is -2.06. The first-order chi connectivity index (χ1) is 8.61. The second-order valence-electron chi connectivity index (χ2n) is 4.10. The van der Waals surface area contributed by atoms with Crippen LogP contribution in [0.1, 0.15) is 12.6 Å². The predicted molar refractivity (Wildman–Crippen MR) is 70.8 cm³/mol. The van der Waals surface area contributed by atoms with Crippen LogP contribution < -0.4 is 11.1 Å². The molecule has 0 aliphatic rings. The lowest BCUT2D eigenvalue weighted by atomic mass is 10.2. The smallest absolute Gasteiger partial charge is 0.221 e. The van der Waals surface area contributed by atoms with Gasteiger partial charge in [0.2, 0.25) is 5.91 Å². The summed E-state index contributed by atoms with van der Waals surface area (Å²) in [5, 5.41) is 2.75. The highest BCUT2D eigenvalue weighted by Crippen LogP contribution is 2.21. The summed E-state index contributed by atoms with van der Waals surface area (Å²) in [6.45, 7) is 1.94. The molecule has 3 N–H and O–H groups in total. The maximum Gasteiger partial charge on any atom is 0.221 e. The molecule has 0 saturated heterocycles. The lowest BCUT2D eigenvalue weighted by molar-refractivity contribution is -0.114. The summed E-state index contributed by atoms with van der Waals surface area (Å²) in [7, 11) is 1.93. The molecular weight excluding hydrogens is 228 g/mol. The summed E-state index contributed by atoms with van der Waals surface area (Å²) in [6.07, 6.45) is 1.76. The van der Waals surface area contributed by atoms with E-state index in [-0.39, 0.29) is 5.91 Å². The van der Waals surface area contributed by atoms with E-state index in [0.717, 1.165) is 22.8 Å². The van der Waals surface area contributed by atoms with Gasteiger partial charge in [0, 0.05) is 31.8 Å². The predicted octanol–water partition coefficient (Wildman–Crippen LogP) is 1.50. The van der Waals surface area contributed by atoms with E-state index in [1.165, 1.54) is 6.92 Å². The van der Waals surface area contributed by atoms with E-state index in [0.29, 0.717) is 6.54 Å². The van der Waals surface area contributed by atoms with E-state index >= 15 is 0 Å². The third-order valence-electron chi connectivity index (χ3n) is 2.73. The van der Waals surface area contributed by atoms with Crippen LogP contribution in [0.4, 0.5) is 5.69 Å². The van der Waals surface area contributed by atoms with E-state index in [9.17, 15) is 4.79 Å². The van der Waals surface area contributed by atoms with Crippen LogP contribution in [0.15, 0.2) is 30.5 Å².